The van der Waals surface area contributed by atoms with Crippen molar-refractivity contribution in [2.24, 2.45) is 17.8 Å². The summed E-state index contributed by atoms with van der Waals surface area (Å²) in [5, 5.41) is 6.81. The lowest BCUT2D eigenvalue weighted by Crippen LogP contribution is -2.58. The largest absolute Gasteiger partial charge is 0.359 e. The maximum absolute atomic E-state index is 14.2. The molecule has 0 aromatic heterocycles. The number of hydrogen-bond acceptors (Lipinski definition) is 4. The lowest BCUT2D eigenvalue weighted by molar-refractivity contribution is -0.145. The number of likely N-dealkylation sites (tertiary alicyclic amines) is 1. The quantitative estimate of drug-likeness (QED) is 0.556. The van der Waals surface area contributed by atoms with Crippen LogP contribution in [0.1, 0.15) is 64.7 Å². The molecule has 1 aromatic rings. The third-order valence-electron chi connectivity index (χ3n) is 9.31. The second-order valence-electron chi connectivity index (χ2n) is 11.7. The van der Waals surface area contributed by atoms with Crippen LogP contribution in [0.5, 0.6) is 0 Å². The molecule has 6 rings (SSSR count). The molecule has 3 heterocycles. The molecule has 4 fully saturated rings. The molecular formula is C29H36ClN3O4. The van der Waals surface area contributed by atoms with Gasteiger partial charge in [-0.25, -0.2) is 0 Å². The van der Waals surface area contributed by atoms with Gasteiger partial charge in [0.05, 0.1) is 17.9 Å². The van der Waals surface area contributed by atoms with Crippen molar-refractivity contribution in [2.75, 3.05) is 5.32 Å². The number of nitrogens with zero attached hydrogens (tertiary/aromatic N) is 1. The minimum atomic E-state index is -1.11. The number of anilines is 1. The average molecular weight is 526 g/mol. The van der Waals surface area contributed by atoms with Crippen LogP contribution in [0.25, 0.3) is 0 Å². The Morgan fingerprint density at radius 1 is 1.00 bits per heavy atom. The predicted octanol–water partition coefficient (Wildman–Crippen LogP) is 4.46. The van der Waals surface area contributed by atoms with Gasteiger partial charge in [0, 0.05) is 22.8 Å². The summed E-state index contributed by atoms with van der Waals surface area (Å²) in [7, 11) is 0. The molecule has 0 radical (unpaired) electrons. The lowest BCUT2D eigenvalue weighted by Gasteiger charge is -2.40. The van der Waals surface area contributed by atoms with Crippen LogP contribution in [-0.4, -0.2) is 52.5 Å². The molecule has 37 heavy (non-hydrogen) atoms. The van der Waals surface area contributed by atoms with E-state index in [1.165, 1.54) is 6.42 Å². The standard InChI is InChI=1S/C29H36ClN3O4/c1-17-7-13-21(14-8-17)33-25(27(35)32-19-5-3-2-4-6-19)29-16-15-22(37-29)23(24(29)28(33)36)26(34)31-20-11-9-18(30)10-12-20/h9-12,15-17,19,21-25H,2-8,13-14H2,1H3,(H,31,34)(H,32,35)/t17?,21?,22-,23-,24-,25+,29-/m0/s1. The zero-order valence-electron chi connectivity index (χ0n) is 21.3. The number of benzene rings is 1. The third-order valence-corrected chi connectivity index (χ3v) is 9.56. The zero-order chi connectivity index (χ0) is 25.7. The van der Waals surface area contributed by atoms with Gasteiger partial charge >= 0.3 is 0 Å². The van der Waals surface area contributed by atoms with Crippen LogP contribution in [0.3, 0.4) is 0 Å². The van der Waals surface area contributed by atoms with E-state index < -0.39 is 29.6 Å². The molecule has 3 amide bonds. The van der Waals surface area contributed by atoms with Crippen LogP contribution in [0.4, 0.5) is 5.69 Å². The highest BCUT2D eigenvalue weighted by atomic mass is 35.5. The van der Waals surface area contributed by atoms with Crippen LogP contribution < -0.4 is 10.6 Å². The van der Waals surface area contributed by atoms with E-state index in [-0.39, 0.29) is 29.8 Å². The monoisotopic (exact) mass is 525 g/mol. The maximum Gasteiger partial charge on any atom is 0.246 e. The summed E-state index contributed by atoms with van der Waals surface area (Å²) < 4.78 is 6.49. The SMILES string of the molecule is CC1CCC(N2C(=O)[C@@H]3[C@@H](C(=O)Nc4ccc(Cl)cc4)[C@@H]4C=C[C@@]3(O4)[C@H]2C(=O)NC2CCCCC2)CC1. The molecule has 2 saturated heterocycles. The molecule has 1 spiro atoms. The van der Waals surface area contributed by atoms with Gasteiger partial charge in [-0.3, -0.25) is 14.4 Å². The summed E-state index contributed by atoms with van der Waals surface area (Å²) in [6, 6.07) is 6.29. The second-order valence-corrected chi connectivity index (χ2v) is 12.1. The first-order valence-corrected chi connectivity index (χ1v) is 14.3. The van der Waals surface area contributed by atoms with E-state index in [0.717, 1.165) is 51.4 Å². The van der Waals surface area contributed by atoms with Crippen molar-refractivity contribution in [3.8, 4) is 0 Å². The first-order chi connectivity index (χ1) is 17.9. The fraction of sp³-hybridized carbons (Fsp3) is 0.621. The fourth-order valence-corrected chi connectivity index (χ4v) is 7.53. The van der Waals surface area contributed by atoms with Crippen molar-refractivity contribution < 1.29 is 19.1 Å². The molecule has 3 aliphatic heterocycles. The summed E-state index contributed by atoms with van der Waals surface area (Å²) in [5.41, 5.74) is -0.490. The topological polar surface area (TPSA) is 87.7 Å². The van der Waals surface area contributed by atoms with Gasteiger partial charge in [0.25, 0.3) is 0 Å². The Bertz CT molecular complexity index is 1090. The number of fused-ring (bicyclic) bond motifs is 1. The van der Waals surface area contributed by atoms with E-state index in [2.05, 4.69) is 17.6 Å². The van der Waals surface area contributed by atoms with E-state index >= 15 is 0 Å². The van der Waals surface area contributed by atoms with Crippen molar-refractivity contribution in [3.05, 3.63) is 41.4 Å². The Morgan fingerprint density at radius 3 is 2.41 bits per heavy atom. The second kappa shape index (κ2) is 9.73. The Hall–Kier alpha value is -2.38. The molecule has 2 bridgehead atoms. The molecule has 5 atom stereocenters. The summed E-state index contributed by atoms with van der Waals surface area (Å²) in [6.45, 7) is 2.24. The van der Waals surface area contributed by atoms with Crippen molar-refractivity contribution in [1.82, 2.24) is 10.2 Å². The normalized spacial score (nSPS) is 37.0. The molecule has 7 nitrogen and oxygen atoms in total. The average Bonchev–Trinajstić information content (AvgIpc) is 3.54. The molecule has 2 aliphatic carbocycles. The Balaban J connectivity index is 1.31. The predicted molar refractivity (Wildman–Crippen MR) is 141 cm³/mol. The first kappa shape index (κ1) is 24.9. The number of amides is 3. The Labute approximate surface area is 223 Å². The van der Waals surface area contributed by atoms with Crippen molar-refractivity contribution in [3.63, 3.8) is 0 Å². The number of halogens is 1. The summed E-state index contributed by atoms with van der Waals surface area (Å²) >= 11 is 6.00. The molecule has 2 N–H and O–H groups in total. The van der Waals surface area contributed by atoms with Crippen LogP contribution >= 0.6 is 11.6 Å². The van der Waals surface area contributed by atoms with Gasteiger partial charge in [-0.2, -0.15) is 0 Å². The number of carbonyl (C=O) groups excluding carboxylic acids is 3. The molecule has 2 saturated carbocycles. The molecule has 5 aliphatic rings. The molecular weight excluding hydrogens is 490 g/mol. The van der Waals surface area contributed by atoms with Crippen molar-refractivity contribution >= 4 is 35.0 Å². The van der Waals surface area contributed by atoms with Gasteiger partial charge in [-0.05, 0) is 68.7 Å². The molecule has 1 aromatic carbocycles. The van der Waals surface area contributed by atoms with Crippen LogP contribution in [-0.2, 0) is 19.1 Å². The highest BCUT2D eigenvalue weighted by molar-refractivity contribution is 6.30. The van der Waals surface area contributed by atoms with Crippen LogP contribution in [0.15, 0.2) is 36.4 Å². The van der Waals surface area contributed by atoms with E-state index in [9.17, 15) is 14.4 Å². The summed E-state index contributed by atoms with van der Waals surface area (Å²) in [4.78, 5) is 43.6. The van der Waals surface area contributed by atoms with Gasteiger partial charge < -0.3 is 20.3 Å². The highest BCUT2D eigenvalue weighted by Crippen LogP contribution is 2.56. The molecule has 0 unspecified atom stereocenters. The van der Waals surface area contributed by atoms with Crippen molar-refractivity contribution in [2.45, 2.75) is 94.5 Å². The number of rotatable bonds is 5. The van der Waals surface area contributed by atoms with E-state index in [1.807, 2.05) is 17.1 Å². The fourth-order valence-electron chi connectivity index (χ4n) is 7.41. The van der Waals surface area contributed by atoms with Gasteiger partial charge in [-0.15, -0.1) is 0 Å². The number of hydrogen-bond donors (Lipinski definition) is 2. The third kappa shape index (κ3) is 4.28. The molecule has 8 heteroatoms. The van der Waals surface area contributed by atoms with Gasteiger partial charge in [0.2, 0.25) is 17.7 Å². The van der Waals surface area contributed by atoms with Crippen LogP contribution in [0, 0.1) is 17.8 Å². The lowest BCUT2D eigenvalue weighted by atomic mass is 9.74. The number of ether oxygens (including phenoxy) is 1. The summed E-state index contributed by atoms with van der Waals surface area (Å²) in [5.74, 6) is -1.30. The van der Waals surface area contributed by atoms with Gasteiger partial charge in [0.1, 0.15) is 11.6 Å². The van der Waals surface area contributed by atoms with E-state index in [0.29, 0.717) is 16.6 Å². The van der Waals surface area contributed by atoms with Gasteiger partial charge in [-0.1, -0.05) is 49.9 Å². The number of carbonyl (C=O) groups is 3. The smallest absolute Gasteiger partial charge is 0.246 e. The van der Waals surface area contributed by atoms with E-state index in [4.69, 9.17) is 16.3 Å². The van der Waals surface area contributed by atoms with Crippen LogP contribution in [0.2, 0.25) is 5.02 Å². The first-order valence-electron chi connectivity index (χ1n) is 13.9. The molecule has 198 valence electrons. The Kier molecular flexibility index (Phi) is 6.56. The van der Waals surface area contributed by atoms with Gasteiger partial charge in [0.15, 0.2) is 0 Å². The zero-order valence-corrected chi connectivity index (χ0v) is 22.1. The Morgan fingerprint density at radius 2 is 1.70 bits per heavy atom. The summed E-state index contributed by atoms with van der Waals surface area (Å²) in [6.07, 6.45) is 12.4. The number of nitrogens with one attached hydrogen (secondary N) is 2. The maximum atomic E-state index is 14.2. The highest BCUT2D eigenvalue weighted by Gasteiger charge is 2.73. The minimum absolute atomic E-state index is 0.0122. The van der Waals surface area contributed by atoms with Crippen molar-refractivity contribution in [1.29, 1.82) is 0 Å². The minimum Gasteiger partial charge on any atom is -0.359 e. The van der Waals surface area contributed by atoms with E-state index in [1.54, 1.807) is 24.3 Å².